The molecule has 0 aliphatic carbocycles. The molecule has 0 bridgehead atoms. The zero-order valence-corrected chi connectivity index (χ0v) is 14.2. The normalized spacial score (nSPS) is 10.1. The summed E-state index contributed by atoms with van der Waals surface area (Å²) < 4.78 is 10.6. The van der Waals surface area contributed by atoms with E-state index in [-0.39, 0.29) is 5.91 Å². The van der Waals surface area contributed by atoms with Crippen molar-refractivity contribution >= 4 is 11.6 Å². The van der Waals surface area contributed by atoms with E-state index in [4.69, 9.17) is 9.47 Å². The summed E-state index contributed by atoms with van der Waals surface area (Å²) in [6, 6.07) is 15.5. The van der Waals surface area contributed by atoms with E-state index in [1.807, 2.05) is 48.5 Å². The molecule has 0 spiro atoms. The van der Waals surface area contributed by atoms with Gasteiger partial charge in [0.2, 0.25) is 5.91 Å². The fourth-order valence-electron chi connectivity index (χ4n) is 2.44. The average molecular weight is 328 g/mol. The highest BCUT2D eigenvalue weighted by Gasteiger charge is 2.05. The number of carbonyl (C=O) groups excluding carboxylic acids is 1. The smallest absolute Gasteiger partial charge is 0.221 e. The molecule has 0 saturated heterocycles. The van der Waals surface area contributed by atoms with Gasteiger partial charge >= 0.3 is 0 Å². The predicted octanol–water partition coefficient (Wildman–Crippen LogP) is 2.86. The van der Waals surface area contributed by atoms with Crippen LogP contribution in [0.3, 0.4) is 0 Å². The van der Waals surface area contributed by atoms with Gasteiger partial charge in [-0.2, -0.15) is 0 Å². The zero-order valence-electron chi connectivity index (χ0n) is 14.2. The summed E-state index contributed by atoms with van der Waals surface area (Å²) >= 11 is 0. The highest BCUT2D eigenvalue weighted by molar-refractivity contribution is 5.76. The van der Waals surface area contributed by atoms with Crippen molar-refractivity contribution in [3.05, 3.63) is 54.1 Å². The average Bonchev–Trinajstić information content (AvgIpc) is 2.62. The van der Waals surface area contributed by atoms with Gasteiger partial charge in [-0.15, -0.1) is 0 Å². The van der Waals surface area contributed by atoms with Crippen LogP contribution in [-0.2, 0) is 11.2 Å². The van der Waals surface area contributed by atoms with E-state index in [0.29, 0.717) is 19.5 Å². The van der Waals surface area contributed by atoms with Gasteiger partial charge in [-0.3, -0.25) is 4.79 Å². The van der Waals surface area contributed by atoms with E-state index in [0.717, 1.165) is 29.2 Å². The van der Waals surface area contributed by atoms with Gasteiger partial charge in [0.25, 0.3) is 0 Å². The second-order valence-corrected chi connectivity index (χ2v) is 5.29. The molecule has 0 atom stereocenters. The number of carbonyl (C=O) groups is 1. The quantitative estimate of drug-likeness (QED) is 0.743. The van der Waals surface area contributed by atoms with E-state index in [1.165, 1.54) is 0 Å². The standard InChI is InChI=1S/C19H24N2O3/c1-23-17-9-5-3-7-15(17)11-13-21-19(22)12-14-20-16-8-4-6-10-18(16)24-2/h3-10,20H,11-14H2,1-2H3,(H,21,22). The fraction of sp³-hybridized carbons (Fsp3) is 0.316. The Morgan fingerprint density at radius 1 is 0.917 bits per heavy atom. The maximum Gasteiger partial charge on any atom is 0.221 e. The molecule has 2 aromatic rings. The number of nitrogens with one attached hydrogen (secondary N) is 2. The first-order valence-electron chi connectivity index (χ1n) is 8.00. The zero-order chi connectivity index (χ0) is 17.2. The van der Waals surface area contributed by atoms with Crippen LogP contribution in [-0.4, -0.2) is 33.2 Å². The Kier molecular flexibility index (Phi) is 6.95. The summed E-state index contributed by atoms with van der Waals surface area (Å²) in [6.45, 7) is 1.15. The molecule has 2 rings (SSSR count). The predicted molar refractivity (Wildman–Crippen MR) is 95.8 cm³/mol. The van der Waals surface area contributed by atoms with Gasteiger partial charge in [0, 0.05) is 19.5 Å². The van der Waals surface area contributed by atoms with E-state index in [1.54, 1.807) is 14.2 Å². The molecule has 0 aliphatic rings. The van der Waals surface area contributed by atoms with Crippen molar-refractivity contribution in [2.45, 2.75) is 12.8 Å². The third-order valence-corrected chi connectivity index (χ3v) is 3.68. The Morgan fingerprint density at radius 2 is 1.58 bits per heavy atom. The van der Waals surface area contributed by atoms with Crippen LogP contribution in [0.2, 0.25) is 0 Å². The highest BCUT2D eigenvalue weighted by atomic mass is 16.5. The number of amides is 1. The lowest BCUT2D eigenvalue weighted by molar-refractivity contribution is -0.120. The van der Waals surface area contributed by atoms with Crippen LogP contribution in [0, 0.1) is 0 Å². The summed E-state index contributed by atoms with van der Waals surface area (Å²) in [5.41, 5.74) is 1.98. The summed E-state index contributed by atoms with van der Waals surface area (Å²) in [4.78, 5) is 11.9. The van der Waals surface area contributed by atoms with Gasteiger partial charge in [-0.1, -0.05) is 30.3 Å². The number of para-hydroxylation sites is 3. The summed E-state index contributed by atoms with van der Waals surface area (Å²) in [7, 11) is 3.28. The molecule has 0 heterocycles. The first-order valence-corrected chi connectivity index (χ1v) is 8.00. The Morgan fingerprint density at radius 3 is 2.33 bits per heavy atom. The van der Waals surface area contributed by atoms with Crippen molar-refractivity contribution in [2.24, 2.45) is 0 Å². The third kappa shape index (κ3) is 5.19. The number of hydrogen-bond acceptors (Lipinski definition) is 4. The van der Waals surface area contributed by atoms with Crippen LogP contribution in [0.25, 0.3) is 0 Å². The molecule has 0 aromatic heterocycles. The lowest BCUT2D eigenvalue weighted by atomic mass is 10.1. The number of rotatable bonds is 9. The maximum atomic E-state index is 11.9. The summed E-state index contributed by atoms with van der Waals surface area (Å²) in [5.74, 6) is 1.64. The van der Waals surface area contributed by atoms with Crippen molar-refractivity contribution in [1.29, 1.82) is 0 Å². The molecule has 2 N–H and O–H groups in total. The van der Waals surface area contributed by atoms with Crippen LogP contribution < -0.4 is 20.1 Å². The number of methoxy groups -OCH3 is 2. The SMILES string of the molecule is COc1ccccc1CCNC(=O)CCNc1ccccc1OC. The molecule has 0 aliphatic heterocycles. The molecular weight excluding hydrogens is 304 g/mol. The van der Waals surface area contributed by atoms with E-state index in [9.17, 15) is 4.79 Å². The van der Waals surface area contributed by atoms with Crippen molar-refractivity contribution in [3.8, 4) is 11.5 Å². The molecular formula is C19H24N2O3. The van der Waals surface area contributed by atoms with Gasteiger partial charge in [0.05, 0.1) is 19.9 Å². The molecule has 128 valence electrons. The monoisotopic (exact) mass is 328 g/mol. The Balaban J connectivity index is 1.70. The van der Waals surface area contributed by atoms with Gasteiger partial charge in [0.15, 0.2) is 0 Å². The molecule has 5 nitrogen and oxygen atoms in total. The lowest BCUT2D eigenvalue weighted by Gasteiger charge is -2.11. The third-order valence-electron chi connectivity index (χ3n) is 3.68. The first-order chi connectivity index (χ1) is 11.7. The van der Waals surface area contributed by atoms with Gasteiger partial charge in [-0.25, -0.2) is 0 Å². The van der Waals surface area contributed by atoms with Crippen molar-refractivity contribution < 1.29 is 14.3 Å². The first kappa shape index (κ1) is 17.7. The van der Waals surface area contributed by atoms with Crippen molar-refractivity contribution in [2.75, 3.05) is 32.6 Å². The molecule has 0 fully saturated rings. The molecule has 24 heavy (non-hydrogen) atoms. The van der Waals surface area contributed by atoms with E-state index < -0.39 is 0 Å². The number of anilines is 1. The Labute approximate surface area is 143 Å². The van der Waals surface area contributed by atoms with Crippen molar-refractivity contribution in [1.82, 2.24) is 5.32 Å². The maximum absolute atomic E-state index is 11.9. The summed E-state index contributed by atoms with van der Waals surface area (Å²) in [5, 5.41) is 6.15. The minimum Gasteiger partial charge on any atom is -0.496 e. The van der Waals surface area contributed by atoms with Gasteiger partial charge < -0.3 is 20.1 Å². The topological polar surface area (TPSA) is 59.6 Å². The molecule has 5 heteroatoms. The molecule has 0 radical (unpaired) electrons. The van der Waals surface area contributed by atoms with Gasteiger partial charge in [-0.05, 0) is 30.2 Å². The summed E-state index contributed by atoms with van der Waals surface area (Å²) in [6.07, 6.45) is 1.15. The van der Waals surface area contributed by atoms with E-state index >= 15 is 0 Å². The minimum atomic E-state index is 0.0206. The van der Waals surface area contributed by atoms with Crippen LogP contribution in [0.15, 0.2) is 48.5 Å². The second-order valence-electron chi connectivity index (χ2n) is 5.29. The van der Waals surface area contributed by atoms with Crippen LogP contribution in [0.5, 0.6) is 11.5 Å². The number of ether oxygens (including phenoxy) is 2. The lowest BCUT2D eigenvalue weighted by Crippen LogP contribution is -2.27. The van der Waals surface area contributed by atoms with E-state index in [2.05, 4.69) is 10.6 Å². The molecule has 2 aromatic carbocycles. The Bertz CT molecular complexity index is 603. The van der Waals surface area contributed by atoms with Crippen molar-refractivity contribution in [3.63, 3.8) is 0 Å². The molecule has 0 unspecified atom stereocenters. The largest absolute Gasteiger partial charge is 0.496 e. The fourth-order valence-corrected chi connectivity index (χ4v) is 2.44. The van der Waals surface area contributed by atoms with Crippen LogP contribution in [0.4, 0.5) is 5.69 Å². The molecule has 1 amide bonds. The highest BCUT2D eigenvalue weighted by Crippen LogP contribution is 2.22. The number of benzene rings is 2. The minimum absolute atomic E-state index is 0.0206. The number of hydrogen-bond donors (Lipinski definition) is 2. The Hall–Kier alpha value is -2.69. The molecule has 0 saturated carbocycles. The van der Waals surface area contributed by atoms with Gasteiger partial charge in [0.1, 0.15) is 11.5 Å². The van der Waals surface area contributed by atoms with Crippen LogP contribution >= 0.6 is 0 Å². The van der Waals surface area contributed by atoms with Crippen LogP contribution in [0.1, 0.15) is 12.0 Å². The second kappa shape index (κ2) is 9.45.